The van der Waals surface area contributed by atoms with Crippen molar-refractivity contribution in [1.29, 1.82) is 0 Å². The SMILES string of the molecule is CCCCCCCC(O)CCC(F)(F)F. The van der Waals surface area contributed by atoms with Gasteiger partial charge in [0.25, 0.3) is 0 Å². The fraction of sp³-hybridized carbons (Fsp3) is 1.00. The maximum Gasteiger partial charge on any atom is 0.389 e. The van der Waals surface area contributed by atoms with Gasteiger partial charge in [0.2, 0.25) is 0 Å². The quantitative estimate of drug-likeness (QED) is 0.619. The first kappa shape index (κ1) is 14.8. The van der Waals surface area contributed by atoms with E-state index in [-0.39, 0.29) is 6.42 Å². The molecular weight excluding hydrogens is 205 g/mol. The zero-order valence-corrected chi connectivity index (χ0v) is 9.32. The van der Waals surface area contributed by atoms with Crippen LogP contribution in [0.1, 0.15) is 58.3 Å². The summed E-state index contributed by atoms with van der Waals surface area (Å²) in [6, 6.07) is 0. The van der Waals surface area contributed by atoms with Crippen molar-refractivity contribution in [3.8, 4) is 0 Å². The molecule has 4 heteroatoms. The normalized spacial score (nSPS) is 14.2. The van der Waals surface area contributed by atoms with E-state index < -0.39 is 18.7 Å². The Morgan fingerprint density at radius 3 is 2.13 bits per heavy atom. The number of aliphatic hydroxyl groups excluding tert-OH is 1. The van der Waals surface area contributed by atoms with Crippen LogP contribution in [0, 0.1) is 0 Å². The third-order valence-corrected chi connectivity index (χ3v) is 2.40. The standard InChI is InChI=1S/C11H21F3O/c1-2-3-4-5-6-7-10(15)8-9-11(12,13)14/h10,15H,2-9H2,1H3. The summed E-state index contributed by atoms with van der Waals surface area (Å²) < 4.78 is 35.4. The van der Waals surface area contributed by atoms with E-state index in [1.807, 2.05) is 0 Å². The molecule has 0 aromatic carbocycles. The van der Waals surface area contributed by atoms with Crippen molar-refractivity contribution >= 4 is 0 Å². The molecule has 0 amide bonds. The van der Waals surface area contributed by atoms with Crippen LogP contribution in [0.25, 0.3) is 0 Å². The van der Waals surface area contributed by atoms with Gasteiger partial charge >= 0.3 is 6.18 Å². The van der Waals surface area contributed by atoms with Crippen LogP contribution in [0.4, 0.5) is 13.2 Å². The Balaban J connectivity index is 3.30. The molecule has 0 spiro atoms. The number of aliphatic hydroxyl groups is 1. The van der Waals surface area contributed by atoms with E-state index >= 15 is 0 Å². The van der Waals surface area contributed by atoms with Gasteiger partial charge in [0.05, 0.1) is 6.10 Å². The third-order valence-electron chi connectivity index (χ3n) is 2.40. The van der Waals surface area contributed by atoms with Crippen molar-refractivity contribution in [1.82, 2.24) is 0 Å². The topological polar surface area (TPSA) is 20.2 Å². The van der Waals surface area contributed by atoms with Crippen LogP contribution in [0.2, 0.25) is 0 Å². The Hall–Kier alpha value is -0.250. The molecule has 0 aliphatic carbocycles. The van der Waals surface area contributed by atoms with Crippen molar-refractivity contribution in [2.75, 3.05) is 0 Å². The zero-order chi connectivity index (χ0) is 11.7. The minimum Gasteiger partial charge on any atom is -0.393 e. The van der Waals surface area contributed by atoms with E-state index in [0.29, 0.717) is 6.42 Å². The molecule has 0 aromatic rings. The molecule has 0 bridgehead atoms. The molecule has 0 aliphatic rings. The molecule has 0 rings (SSSR count). The summed E-state index contributed by atoms with van der Waals surface area (Å²) in [5.74, 6) is 0. The second kappa shape index (κ2) is 7.97. The van der Waals surface area contributed by atoms with E-state index in [1.54, 1.807) is 0 Å². The van der Waals surface area contributed by atoms with Crippen molar-refractivity contribution in [3.63, 3.8) is 0 Å². The second-order valence-corrected chi connectivity index (χ2v) is 4.01. The van der Waals surface area contributed by atoms with Crippen molar-refractivity contribution in [2.24, 2.45) is 0 Å². The lowest BCUT2D eigenvalue weighted by atomic mass is 10.0. The van der Waals surface area contributed by atoms with Gasteiger partial charge in [0, 0.05) is 6.42 Å². The second-order valence-electron chi connectivity index (χ2n) is 4.01. The molecule has 0 saturated heterocycles. The summed E-state index contributed by atoms with van der Waals surface area (Å²) in [6.07, 6.45) is -0.176. The van der Waals surface area contributed by atoms with Crippen LogP contribution in [0.3, 0.4) is 0 Å². The average Bonchev–Trinajstić information content (AvgIpc) is 2.13. The first-order valence-electron chi connectivity index (χ1n) is 5.70. The van der Waals surface area contributed by atoms with Crippen molar-refractivity contribution in [3.05, 3.63) is 0 Å². The highest BCUT2D eigenvalue weighted by Crippen LogP contribution is 2.23. The summed E-state index contributed by atoms with van der Waals surface area (Å²) in [4.78, 5) is 0. The number of halogens is 3. The van der Waals surface area contributed by atoms with Gasteiger partial charge in [-0.05, 0) is 12.8 Å². The summed E-state index contributed by atoms with van der Waals surface area (Å²) >= 11 is 0. The lowest BCUT2D eigenvalue weighted by molar-refractivity contribution is -0.140. The summed E-state index contributed by atoms with van der Waals surface area (Å²) in [5, 5.41) is 9.27. The molecule has 92 valence electrons. The average molecular weight is 226 g/mol. The molecule has 0 radical (unpaired) electrons. The first-order chi connectivity index (χ1) is 6.95. The summed E-state index contributed by atoms with van der Waals surface area (Å²) in [7, 11) is 0. The highest BCUT2D eigenvalue weighted by molar-refractivity contribution is 4.60. The first-order valence-corrected chi connectivity index (χ1v) is 5.70. The van der Waals surface area contributed by atoms with Crippen molar-refractivity contribution in [2.45, 2.75) is 70.6 Å². The van der Waals surface area contributed by atoms with Crippen LogP contribution in [-0.2, 0) is 0 Å². The van der Waals surface area contributed by atoms with Crippen LogP contribution in [0.15, 0.2) is 0 Å². The summed E-state index contributed by atoms with van der Waals surface area (Å²) in [5.41, 5.74) is 0. The van der Waals surface area contributed by atoms with Gasteiger partial charge in [-0.15, -0.1) is 0 Å². The monoisotopic (exact) mass is 226 g/mol. The summed E-state index contributed by atoms with van der Waals surface area (Å²) in [6.45, 7) is 2.11. The Morgan fingerprint density at radius 2 is 1.60 bits per heavy atom. The Morgan fingerprint density at radius 1 is 1.00 bits per heavy atom. The smallest absolute Gasteiger partial charge is 0.389 e. The highest BCUT2D eigenvalue weighted by atomic mass is 19.4. The van der Waals surface area contributed by atoms with Crippen LogP contribution >= 0.6 is 0 Å². The van der Waals surface area contributed by atoms with Gasteiger partial charge in [-0.2, -0.15) is 13.2 Å². The van der Waals surface area contributed by atoms with Gasteiger partial charge in [-0.3, -0.25) is 0 Å². The predicted octanol–water partition coefficient (Wildman–Crippen LogP) is 4.05. The van der Waals surface area contributed by atoms with E-state index in [0.717, 1.165) is 25.7 Å². The zero-order valence-electron chi connectivity index (χ0n) is 9.32. The van der Waals surface area contributed by atoms with E-state index in [9.17, 15) is 18.3 Å². The molecule has 1 atom stereocenters. The molecule has 0 fully saturated rings. The Kier molecular flexibility index (Phi) is 7.83. The molecule has 15 heavy (non-hydrogen) atoms. The Labute approximate surface area is 89.7 Å². The van der Waals surface area contributed by atoms with Gasteiger partial charge < -0.3 is 5.11 Å². The van der Waals surface area contributed by atoms with Gasteiger partial charge in [-0.1, -0.05) is 39.0 Å². The minimum absolute atomic E-state index is 0.155. The predicted molar refractivity (Wildman–Crippen MR) is 54.7 cm³/mol. The van der Waals surface area contributed by atoms with E-state index in [4.69, 9.17) is 0 Å². The number of alkyl halides is 3. The molecule has 1 nitrogen and oxygen atoms in total. The van der Waals surface area contributed by atoms with Crippen LogP contribution < -0.4 is 0 Å². The number of unbranched alkanes of at least 4 members (excludes halogenated alkanes) is 4. The maximum absolute atomic E-state index is 11.8. The molecule has 0 heterocycles. The fourth-order valence-corrected chi connectivity index (χ4v) is 1.46. The lowest BCUT2D eigenvalue weighted by Crippen LogP contribution is -2.14. The fourth-order valence-electron chi connectivity index (χ4n) is 1.46. The van der Waals surface area contributed by atoms with E-state index in [1.165, 1.54) is 6.42 Å². The number of rotatable bonds is 8. The number of hydrogen-bond acceptors (Lipinski definition) is 1. The Bertz CT molecular complexity index is 145. The maximum atomic E-state index is 11.8. The van der Waals surface area contributed by atoms with Gasteiger partial charge in [0.1, 0.15) is 0 Å². The molecule has 0 saturated carbocycles. The number of hydrogen-bond donors (Lipinski definition) is 1. The molecule has 1 N–H and O–H groups in total. The minimum atomic E-state index is -4.14. The molecule has 1 unspecified atom stereocenters. The van der Waals surface area contributed by atoms with Gasteiger partial charge in [-0.25, -0.2) is 0 Å². The van der Waals surface area contributed by atoms with Gasteiger partial charge in [0.15, 0.2) is 0 Å². The lowest BCUT2D eigenvalue weighted by Gasteiger charge is -2.11. The van der Waals surface area contributed by atoms with E-state index in [2.05, 4.69) is 6.92 Å². The molecular formula is C11H21F3O. The van der Waals surface area contributed by atoms with Crippen molar-refractivity contribution < 1.29 is 18.3 Å². The highest BCUT2D eigenvalue weighted by Gasteiger charge is 2.27. The largest absolute Gasteiger partial charge is 0.393 e. The third kappa shape index (κ3) is 11.7. The van der Waals surface area contributed by atoms with Crippen LogP contribution in [0.5, 0.6) is 0 Å². The molecule has 0 aliphatic heterocycles. The molecule has 0 aromatic heterocycles. The van der Waals surface area contributed by atoms with Crippen LogP contribution in [-0.4, -0.2) is 17.4 Å².